The minimum Gasteiger partial charge on any atom is -0.478 e. The highest BCUT2D eigenvalue weighted by molar-refractivity contribution is 5.88. The molecular formula is C18H22FN9O2. The van der Waals surface area contributed by atoms with Gasteiger partial charge in [-0.3, -0.25) is 9.48 Å². The van der Waals surface area contributed by atoms with Gasteiger partial charge in [-0.25, -0.2) is 9.37 Å². The van der Waals surface area contributed by atoms with Crippen molar-refractivity contribution in [1.82, 2.24) is 34.6 Å². The van der Waals surface area contributed by atoms with Crippen LogP contribution in [0.3, 0.4) is 0 Å². The van der Waals surface area contributed by atoms with Crippen molar-refractivity contribution in [2.45, 2.75) is 12.2 Å². The van der Waals surface area contributed by atoms with Crippen LogP contribution >= 0.6 is 0 Å². The van der Waals surface area contributed by atoms with Gasteiger partial charge in [-0.15, -0.1) is 5.10 Å². The Kier molecular flexibility index (Phi) is 4.98. The topological polar surface area (TPSA) is 115 Å². The molecule has 0 radical (unpaired) electrons. The van der Waals surface area contributed by atoms with Crippen molar-refractivity contribution in [2.24, 2.45) is 14.1 Å². The molecule has 3 aromatic heterocycles. The Morgan fingerprint density at radius 3 is 2.90 bits per heavy atom. The average Bonchev–Trinajstić information content (AvgIpc) is 3.39. The number of imidazole rings is 1. The number of methoxy groups -OCH3 is 1. The highest BCUT2D eigenvalue weighted by Gasteiger charge is 2.35. The van der Waals surface area contributed by atoms with Crippen LogP contribution in [0, 0.1) is 0 Å². The lowest BCUT2D eigenvalue weighted by Gasteiger charge is -2.17. The van der Waals surface area contributed by atoms with E-state index in [-0.39, 0.29) is 13.1 Å². The molecule has 1 aliphatic rings. The average molecular weight is 415 g/mol. The van der Waals surface area contributed by atoms with Crippen LogP contribution < -0.4 is 20.3 Å². The van der Waals surface area contributed by atoms with Crippen LogP contribution in [-0.2, 0) is 18.9 Å². The molecule has 1 saturated heterocycles. The molecule has 2 N–H and O–H groups in total. The predicted molar refractivity (Wildman–Crippen MR) is 109 cm³/mol. The van der Waals surface area contributed by atoms with E-state index in [2.05, 4.69) is 37.3 Å². The molecule has 0 bridgehead atoms. The Morgan fingerprint density at radius 1 is 1.37 bits per heavy atom. The number of nitrogens with one attached hydrogen (secondary N) is 2. The number of carbonyl (C=O) groups is 1. The molecule has 0 unspecified atom stereocenters. The van der Waals surface area contributed by atoms with Gasteiger partial charge in [0.05, 0.1) is 32.2 Å². The summed E-state index contributed by atoms with van der Waals surface area (Å²) in [5.41, 5.74) is 1.75. The number of amides is 1. The van der Waals surface area contributed by atoms with E-state index in [9.17, 15) is 9.18 Å². The number of anilines is 3. The number of hydrogen-bond donors (Lipinski definition) is 2. The van der Waals surface area contributed by atoms with Gasteiger partial charge < -0.3 is 24.8 Å². The summed E-state index contributed by atoms with van der Waals surface area (Å²) in [4.78, 5) is 26.8. The molecular weight excluding hydrogens is 393 g/mol. The number of halogens is 1. The summed E-state index contributed by atoms with van der Waals surface area (Å²) in [6, 6.07) is -0.670. The first kappa shape index (κ1) is 19.6. The summed E-state index contributed by atoms with van der Waals surface area (Å²) in [6.45, 7) is 3.69. The predicted octanol–water partition coefficient (Wildman–Crippen LogP) is 0.678. The fourth-order valence-corrected chi connectivity index (χ4v) is 3.36. The largest absolute Gasteiger partial charge is 0.478 e. The van der Waals surface area contributed by atoms with Crippen LogP contribution in [0.25, 0.3) is 11.2 Å². The molecule has 12 heteroatoms. The Morgan fingerprint density at radius 2 is 2.17 bits per heavy atom. The number of carbonyl (C=O) groups excluding carboxylic acids is 1. The summed E-state index contributed by atoms with van der Waals surface area (Å²) < 4.78 is 23.2. The molecule has 0 aromatic carbocycles. The highest BCUT2D eigenvalue weighted by atomic mass is 19.1. The maximum absolute atomic E-state index is 14.5. The van der Waals surface area contributed by atoms with Gasteiger partial charge in [0, 0.05) is 20.6 Å². The second kappa shape index (κ2) is 7.61. The zero-order valence-electron chi connectivity index (χ0n) is 16.8. The van der Waals surface area contributed by atoms with E-state index < -0.39 is 18.1 Å². The molecule has 3 aromatic rings. The second-order valence-electron chi connectivity index (χ2n) is 6.99. The minimum absolute atomic E-state index is 0.0566. The lowest BCUT2D eigenvalue weighted by molar-refractivity contribution is -0.117. The SMILES string of the molecule is C=CC(=O)N[C@@H]1CN(c2nc(Nc3cn(C)nc3OC)c3ncn(C)c3n2)C[C@H]1F. The molecule has 158 valence electrons. The quantitative estimate of drug-likeness (QED) is 0.565. The number of fused-ring (bicyclic) bond motifs is 1. The first-order valence-electron chi connectivity index (χ1n) is 9.25. The Hall–Kier alpha value is -3.70. The zero-order chi connectivity index (χ0) is 21.4. The first-order valence-corrected chi connectivity index (χ1v) is 9.25. The number of nitrogens with zero attached hydrogens (tertiary/aromatic N) is 7. The Bertz CT molecular complexity index is 1110. The van der Waals surface area contributed by atoms with E-state index in [1.54, 1.807) is 33.7 Å². The standard InChI is InChI=1S/C18H22FN9O2/c1-5-13(29)21-11-8-28(6-10(11)19)18-23-15(14-16(24-18)26(2)9-20-14)22-12-7-27(3)25-17(12)30-4/h5,7,9-11H,1,6,8H2,2-4H3,(H,21,29)(H,22,23,24)/t10-,11-/m1/s1. The van der Waals surface area contributed by atoms with E-state index >= 15 is 0 Å². The van der Waals surface area contributed by atoms with E-state index in [0.717, 1.165) is 6.08 Å². The van der Waals surface area contributed by atoms with Gasteiger partial charge >= 0.3 is 0 Å². The molecule has 4 rings (SSSR count). The monoisotopic (exact) mass is 415 g/mol. The first-order chi connectivity index (χ1) is 14.4. The lowest BCUT2D eigenvalue weighted by atomic mass is 10.2. The van der Waals surface area contributed by atoms with Crippen molar-refractivity contribution in [1.29, 1.82) is 0 Å². The summed E-state index contributed by atoms with van der Waals surface area (Å²) in [5.74, 6) is 0.753. The summed E-state index contributed by atoms with van der Waals surface area (Å²) in [5, 5.41) is 10.0. The molecule has 2 atom stereocenters. The van der Waals surface area contributed by atoms with E-state index in [0.29, 0.717) is 34.5 Å². The maximum Gasteiger partial charge on any atom is 0.256 e. The van der Waals surface area contributed by atoms with Crippen molar-refractivity contribution in [2.75, 3.05) is 30.4 Å². The molecule has 4 heterocycles. The Labute approximate surface area is 171 Å². The van der Waals surface area contributed by atoms with Gasteiger partial charge in [0.15, 0.2) is 17.0 Å². The number of alkyl halides is 1. The van der Waals surface area contributed by atoms with Crippen LogP contribution in [0.1, 0.15) is 0 Å². The molecule has 11 nitrogen and oxygen atoms in total. The summed E-state index contributed by atoms with van der Waals surface area (Å²) in [7, 11) is 5.12. The van der Waals surface area contributed by atoms with Gasteiger partial charge in [0.25, 0.3) is 5.88 Å². The number of rotatable bonds is 6. The molecule has 0 spiro atoms. The van der Waals surface area contributed by atoms with Crippen LogP contribution in [0.4, 0.5) is 21.8 Å². The molecule has 0 aliphatic carbocycles. The molecule has 1 aliphatic heterocycles. The zero-order valence-corrected chi connectivity index (χ0v) is 16.8. The fourth-order valence-electron chi connectivity index (χ4n) is 3.36. The van der Waals surface area contributed by atoms with E-state index in [4.69, 9.17) is 4.74 Å². The third kappa shape index (κ3) is 3.51. The molecule has 1 fully saturated rings. The third-order valence-electron chi connectivity index (χ3n) is 4.83. The van der Waals surface area contributed by atoms with Gasteiger partial charge in [-0.2, -0.15) is 9.97 Å². The van der Waals surface area contributed by atoms with Crippen molar-refractivity contribution in [3.05, 3.63) is 25.2 Å². The van der Waals surface area contributed by atoms with Crippen LogP contribution in [0.15, 0.2) is 25.2 Å². The van der Waals surface area contributed by atoms with Crippen LogP contribution in [-0.4, -0.2) is 67.6 Å². The third-order valence-corrected chi connectivity index (χ3v) is 4.83. The maximum atomic E-state index is 14.5. The van der Waals surface area contributed by atoms with Gasteiger partial charge in [0.2, 0.25) is 11.9 Å². The van der Waals surface area contributed by atoms with Crippen LogP contribution in [0.2, 0.25) is 0 Å². The van der Waals surface area contributed by atoms with Crippen molar-refractivity contribution in [3.8, 4) is 5.88 Å². The Balaban J connectivity index is 1.69. The van der Waals surface area contributed by atoms with Gasteiger partial charge in [-0.05, 0) is 6.08 Å². The van der Waals surface area contributed by atoms with Gasteiger partial charge in [-0.1, -0.05) is 6.58 Å². The number of aromatic nitrogens is 6. The van der Waals surface area contributed by atoms with Gasteiger partial charge in [0.1, 0.15) is 11.9 Å². The smallest absolute Gasteiger partial charge is 0.256 e. The lowest BCUT2D eigenvalue weighted by Crippen LogP contribution is -2.40. The van der Waals surface area contributed by atoms with E-state index in [1.807, 2.05) is 7.05 Å². The molecule has 30 heavy (non-hydrogen) atoms. The molecule has 1 amide bonds. The fraction of sp³-hybridized carbons (Fsp3) is 0.389. The normalized spacial score (nSPS) is 18.6. The molecule has 0 saturated carbocycles. The van der Waals surface area contributed by atoms with Crippen molar-refractivity contribution < 1.29 is 13.9 Å². The van der Waals surface area contributed by atoms with Crippen LogP contribution in [0.5, 0.6) is 5.88 Å². The second-order valence-corrected chi connectivity index (χ2v) is 6.99. The number of hydrogen-bond acceptors (Lipinski definition) is 8. The van der Waals surface area contributed by atoms with Crippen molar-refractivity contribution in [3.63, 3.8) is 0 Å². The highest BCUT2D eigenvalue weighted by Crippen LogP contribution is 2.30. The number of aryl methyl sites for hydroxylation is 2. The number of ether oxygens (including phenoxy) is 1. The van der Waals surface area contributed by atoms with Crippen molar-refractivity contribution >= 4 is 34.5 Å². The summed E-state index contributed by atoms with van der Waals surface area (Å²) in [6.07, 6.45) is 3.25. The van der Waals surface area contributed by atoms with E-state index in [1.165, 1.54) is 7.11 Å². The summed E-state index contributed by atoms with van der Waals surface area (Å²) >= 11 is 0. The minimum atomic E-state index is -1.26.